The summed E-state index contributed by atoms with van der Waals surface area (Å²) in [5.74, 6) is -1.32. The van der Waals surface area contributed by atoms with E-state index in [-0.39, 0.29) is 0 Å². The summed E-state index contributed by atoms with van der Waals surface area (Å²) in [5, 5.41) is 12.1. The van der Waals surface area contributed by atoms with Gasteiger partial charge in [-0.25, -0.2) is 4.79 Å². The van der Waals surface area contributed by atoms with Crippen molar-refractivity contribution in [2.45, 2.75) is 26.1 Å². The molecule has 98 valence electrons. The zero-order valence-corrected chi connectivity index (χ0v) is 10.8. The zero-order valence-electron chi connectivity index (χ0n) is 10.0. The molecule has 0 saturated heterocycles. The van der Waals surface area contributed by atoms with Crippen LogP contribution in [-0.4, -0.2) is 29.2 Å². The van der Waals surface area contributed by atoms with Crippen molar-refractivity contribution in [1.82, 2.24) is 0 Å². The third-order valence-corrected chi connectivity index (χ3v) is 2.37. The summed E-state index contributed by atoms with van der Waals surface area (Å²) in [5.41, 5.74) is 0.546. The van der Waals surface area contributed by atoms with Gasteiger partial charge in [0.2, 0.25) is 0 Å². The van der Waals surface area contributed by atoms with Gasteiger partial charge in [-0.1, -0.05) is 11.6 Å². The topological polar surface area (TPSA) is 75.6 Å². The molecule has 0 heterocycles. The highest BCUT2D eigenvalue weighted by Crippen LogP contribution is 2.13. The first-order valence-electron chi connectivity index (χ1n) is 5.35. The molecule has 2 N–H and O–H groups in total. The fraction of sp³-hybridized carbons (Fsp3) is 0.333. The van der Waals surface area contributed by atoms with Crippen LogP contribution in [-0.2, 0) is 14.3 Å². The highest BCUT2D eigenvalue weighted by atomic mass is 35.5. The number of nitrogens with one attached hydrogen (secondary N) is 1. The van der Waals surface area contributed by atoms with Gasteiger partial charge in [-0.2, -0.15) is 0 Å². The number of rotatable bonds is 4. The summed E-state index contributed by atoms with van der Waals surface area (Å²) >= 11 is 5.70. The molecule has 2 atom stereocenters. The number of aliphatic hydroxyl groups is 1. The molecule has 0 aliphatic heterocycles. The first-order valence-corrected chi connectivity index (χ1v) is 5.73. The molecule has 0 unspecified atom stereocenters. The predicted molar refractivity (Wildman–Crippen MR) is 67.3 cm³/mol. The molecular formula is C12H14ClNO4. The van der Waals surface area contributed by atoms with E-state index in [0.29, 0.717) is 10.7 Å². The van der Waals surface area contributed by atoms with Crippen LogP contribution in [0.15, 0.2) is 24.3 Å². The average Bonchev–Trinajstić information content (AvgIpc) is 2.31. The molecule has 0 aliphatic carbocycles. The molecule has 1 aromatic carbocycles. The van der Waals surface area contributed by atoms with Crippen LogP contribution in [0.25, 0.3) is 0 Å². The molecule has 6 heteroatoms. The molecule has 1 aromatic rings. The Morgan fingerprint density at radius 2 is 1.83 bits per heavy atom. The number of esters is 1. The third-order valence-electron chi connectivity index (χ3n) is 2.12. The van der Waals surface area contributed by atoms with E-state index in [0.717, 1.165) is 0 Å². The normalized spacial score (nSPS) is 13.6. The van der Waals surface area contributed by atoms with Crippen molar-refractivity contribution in [3.8, 4) is 0 Å². The lowest BCUT2D eigenvalue weighted by Crippen LogP contribution is -2.33. The van der Waals surface area contributed by atoms with Gasteiger partial charge in [-0.05, 0) is 38.1 Å². The van der Waals surface area contributed by atoms with E-state index in [4.69, 9.17) is 21.4 Å². The zero-order chi connectivity index (χ0) is 13.7. The highest BCUT2D eigenvalue weighted by molar-refractivity contribution is 6.30. The SMILES string of the molecule is C[C@@H](O)C(=O)O[C@H](C)C(=O)Nc1ccc(Cl)cc1. The summed E-state index contributed by atoms with van der Waals surface area (Å²) in [6, 6.07) is 6.51. The second-order valence-electron chi connectivity index (χ2n) is 3.75. The minimum atomic E-state index is -1.25. The molecule has 1 amide bonds. The lowest BCUT2D eigenvalue weighted by atomic mass is 10.3. The number of hydrogen-bond acceptors (Lipinski definition) is 4. The number of anilines is 1. The Bertz CT molecular complexity index is 430. The van der Waals surface area contributed by atoms with E-state index >= 15 is 0 Å². The Labute approximate surface area is 110 Å². The smallest absolute Gasteiger partial charge is 0.335 e. The molecule has 0 aromatic heterocycles. The lowest BCUT2D eigenvalue weighted by Gasteiger charge is -2.14. The van der Waals surface area contributed by atoms with Crippen LogP contribution in [0.2, 0.25) is 5.02 Å². The van der Waals surface area contributed by atoms with Gasteiger partial charge in [0.15, 0.2) is 6.10 Å². The largest absolute Gasteiger partial charge is 0.451 e. The van der Waals surface area contributed by atoms with Crippen molar-refractivity contribution in [1.29, 1.82) is 0 Å². The standard InChI is InChI=1S/C12H14ClNO4/c1-7(15)12(17)18-8(2)11(16)14-10-5-3-9(13)4-6-10/h3-8,15H,1-2H3,(H,14,16)/t7-,8-/m1/s1. The quantitative estimate of drug-likeness (QED) is 0.816. The number of aliphatic hydroxyl groups excluding tert-OH is 1. The molecular weight excluding hydrogens is 258 g/mol. The maximum Gasteiger partial charge on any atom is 0.335 e. The Kier molecular flexibility index (Phi) is 5.12. The van der Waals surface area contributed by atoms with Crippen molar-refractivity contribution in [2.24, 2.45) is 0 Å². The van der Waals surface area contributed by atoms with Gasteiger partial charge in [0, 0.05) is 10.7 Å². The summed E-state index contributed by atoms with van der Waals surface area (Å²) in [6.45, 7) is 2.69. The number of carbonyl (C=O) groups excluding carboxylic acids is 2. The van der Waals surface area contributed by atoms with Crippen molar-refractivity contribution < 1.29 is 19.4 Å². The fourth-order valence-electron chi connectivity index (χ4n) is 1.10. The van der Waals surface area contributed by atoms with Crippen LogP contribution in [0.5, 0.6) is 0 Å². The molecule has 0 aliphatic rings. The van der Waals surface area contributed by atoms with Gasteiger partial charge in [-0.15, -0.1) is 0 Å². The van der Waals surface area contributed by atoms with Crippen LogP contribution in [0.3, 0.4) is 0 Å². The first kappa shape index (κ1) is 14.5. The third kappa shape index (κ3) is 4.35. The number of carbonyl (C=O) groups is 2. The van der Waals surface area contributed by atoms with Gasteiger partial charge in [0.05, 0.1) is 0 Å². The number of hydrogen-bond donors (Lipinski definition) is 2. The molecule has 5 nitrogen and oxygen atoms in total. The van der Waals surface area contributed by atoms with Crippen molar-refractivity contribution in [3.63, 3.8) is 0 Å². The number of amides is 1. The maximum absolute atomic E-state index is 11.7. The van der Waals surface area contributed by atoms with E-state index in [2.05, 4.69) is 5.32 Å². The van der Waals surface area contributed by atoms with E-state index in [1.165, 1.54) is 13.8 Å². The summed E-state index contributed by atoms with van der Waals surface area (Å²) < 4.78 is 4.74. The minimum absolute atomic E-state index is 0.480. The Morgan fingerprint density at radius 1 is 1.28 bits per heavy atom. The van der Waals surface area contributed by atoms with E-state index in [9.17, 15) is 9.59 Å². The van der Waals surface area contributed by atoms with Gasteiger partial charge in [-0.3, -0.25) is 4.79 Å². The minimum Gasteiger partial charge on any atom is -0.451 e. The van der Waals surface area contributed by atoms with E-state index in [1.54, 1.807) is 24.3 Å². The number of ether oxygens (including phenoxy) is 1. The summed E-state index contributed by atoms with van der Waals surface area (Å²) in [7, 11) is 0. The van der Waals surface area contributed by atoms with Crippen molar-refractivity contribution in [2.75, 3.05) is 5.32 Å². The summed E-state index contributed by atoms with van der Waals surface area (Å²) in [6.07, 6.45) is -2.24. The molecule has 0 spiro atoms. The van der Waals surface area contributed by atoms with Crippen LogP contribution in [0.1, 0.15) is 13.8 Å². The van der Waals surface area contributed by atoms with Gasteiger partial charge in [0.1, 0.15) is 6.10 Å². The Hall–Kier alpha value is -1.59. The van der Waals surface area contributed by atoms with Gasteiger partial charge < -0.3 is 15.2 Å². The number of benzene rings is 1. The first-order chi connectivity index (χ1) is 8.40. The Morgan fingerprint density at radius 3 is 2.33 bits per heavy atom. The molecule has 0 fully saturated rings. The van der Waals surface area contributed by atoms with Crippen molar-refractivity contribution >= 4 is 29.2 Å². The molecule has 0 radical (unpaired) electrons. The van der Waals surface area contributed by atoms with Crippen molar-refractivity contribution in [3.05, 3.63) is 29.3 Å². The van der Waals surface area contributed by atoms with E-state index in [1.807, 2.05) is 0 Å². The second-order valence-corrected chi connectivity index (χ2v) is 4.19. The predicted octanol–water partition coefficient (Wildman–Crippen LogP) is 1.59. The lowest BCUT2D eigenvalue weighted by molar-refractivity contribution is -0.160. The van der Waals surface area contributed by atoms with Crippen LogP contribution in [0, 0.1) is 0 Å². The van der Waals surface area contributed by atoms with Gasteiger partial charge >= 0.3 is 5.97 Å². The monoisotopic (exact) mass is 271 g/mol. The molecule has 1 rings (SSSR count). The number of halogens is 1. The van der Waals surface area contributed by atoms with E-state index < -0.39 is 24.1 Å². The summed E-state index contributed by atoms with van der Waals surface area (Å²) in [4.78, 5) is 22.7. The van der Waals surface area contributed by atoms with Crippen LogP contribution < -0.4 is 5.32 Å². The van der Waals surface area contributed by atoms with Crippen LogP contribution >= 0.6 is 11.6 Å². The highest BCUT2D eigenvalue weighted by Gasteiger charge is 2.20. The molecule has 0 bridgehead atoms. The average molecular weight is 272 g/mol. The molecule has 18 heavy (non-hydrogen) atoms. The maximum atomic E-state index is 11.7. The molecule has 0 saturated carbocycles. The van der Waals surface area contributed by atoms with Crippen LogP contribution in [0.4, 0.5) is 5.69 Å². The van der Waals surface area contributed by atoms with Gasteiger partial charge in [0.25, 0.3) is 5.91 Å². The Balaban J connectivity index is 2.54. The second kappa shape index (κ2) is 6.37. The fourth-order valence-corrected chi connectivity index (χ4v) is 1.23.